The second-order valence-electron chi connectivity index (χ2n) is 4.21. The molecule has 7 nitrogen and oxygen atoms in total. The lowest BCUT2D eigenvalue weighted by atomic mass is 10.1. The van der Waals surface area contributed by atoms with Crippen molar-refractivity contribution in [1.29, 1.82) is 0 Å². The van der Waals surface area contributed by atoms with Gasteiger partial charge >= 0.3 is 11.7 Å². The van der Waals surface area contributed by atoms with Crippen LogP contribution in [0.4, 0.5) is 10.1 Å². The summed E-state index contributed by atoms with van der Waals surface area (Å²) in [6, 6.07) is 2.91. The molecule has 0 aliphatic carbocycles. The number of carbonyl (C=O) groups is 2. The van der Waals surface area contributed by atoms with Crippen molar-refractivity contribution in [3.05, 3.63) is 39.7 Å². The summed E-state index contributed by atoms with van der Waals surface area (Å²) in [6.45, 7) is 2.03. The summed E-state index contributed by atoms with van der Waals surface area (Å²) >= 11 is 0. The number of benzene rings is 1. The maximum absolute atomic E-state index is 13.5. The number of nitrogens with zero attached hydrogens (tertiary/aromatic N) is 2. The largest absolute Gasteiger partial charge is 0.466 e. The topological polar surface area (TPSA) is 89.8 Å². The number of nitro groups is 1. The van der Waals surface area contributed by atoms with Crippen molar-refractivity contribution in [1.82, 2.24) is 4.90 Å². The number of hydrogen-bond acceptors (Lipinski definition) is 5. The maximum atomic E-state index is 13.5. The summed E-state index contributed by atoms with van der Waals surface area (Å²) in [5, 5.41) is 10.5. The van der Waals surface area contributed by atoms with Crippen molar-refractivity contribution in [2.75, 3.05) is 20.2 Å². The first kappa shape index (κ1) is 16.5. The van der Waals surface area contributed by atoms with Crippen molar-refractivity contribution < 1.29 is 23.6 Å². The van der Waals surface area contributed by atoms with Gasteiger partial charge in [0.2, 0.25) is 5.82 Å². The highest BCUT2D eigenvalue weighted by Gasteiger charge is 2.19. The summed E-state index contributed by atoms with van der Waals surface area (Å²) in [4.78, 5) is 34.0. The fourth-order valence-electron chi connectivity index (χ4n) is 1.60. The van der Waals surface area contributed by atoms with E-state index in [2.05, 4.69) is 0 Å². The molecule has 0 radical (unpaired) electrons. The van der Waals surface area contributed by atoms with Crippen LogP contribution in [0.1, 0.15) is 23.7 Å². The Kier molecular flexibility index (Phi) is 5.77. The van der Waals surface area contributed by atoms with E-state index in [-0.39, 0.29) is 25.1 Å². The van der Waals surface area contributed by atoms with E-state index in [1.165, 1.54) is 18.0 Å². The second-order valence-corrected chi connectivity index (χ2v) is 4.21. The Labute approximate surface area is 120 Å². The lowest BCUT2D eigenvalue weighted by molar-refractivity contribution is -0.387. The molecule has 0 bridgehead atoms. The van der Waals surface area contributed by atoms with Gasteiger partial charge in [0.1, 0.15) is 0 Å². The van der Waals surface area contributed by atoms with Gasteiger partial charge in [0.25, 0.3) is 5.91 Å². The van der Waals surface area contributed by atoms with E-state index >= 15 is 0 Å². The van der Waals surface area contributed by atoms with Crippen LogP contribution in [0.2, 0.25) is 0 Å². The van der Waals surface area contributed by atoms with Gasteiger partial charge in [-0.05, 0) is 19.1 Å². The van der Waals surface area contributed by atoms with E-state index in [1.807, 2.05) is 0 Å². The zero-order valence-corrected chi connectivity index (χ0v) is 11.7. The molecule has 114 valence electrons. The number of ether oxygens (including phenoxy) is 1. The molecule has 0 aliphatic heterocycles. The minimum absolute atomic E-state index is 0.0194. The predicted molar refractivity (Wildman–Crippen MR) is 71.3 cm³/mol. The normalized spacial score (nSPS) is 10.0. The lowest BCUT2D eigenvalue weighted by Gasteiger charge is -2.16. The molecular formula is C13H15FN2O5. The molecule has 0 spiro atoms. The number of hydrogen-bond donors (Lipinski definition) is 0. The van der Waals surface area contributed by atoms with E-state index in [4.69, 9.17) is 4.74 Å². The molecule has 8 heteroatoms. The third kappa shape index (κ3) is 4.51. The molecule has 0 heterocycles. The van der Waals surface area contributed by atoms with Crippen LogP contribution < -0.4 is 0 Å². The number of amides is 1. The highest BCUT2D eigenvalue weighted by molar-refractivity contribution is 5.94. The molecule has 0 N–H and O–H groups in total. The number of carbonyl (C=O) groups excluding carboxylic acids is 2. The number of esters is 1. The minimum atomic E-state index is -1.08. The summed E-state index contributed by atoms with van der Waals surface area (Å²) < 4.78 is 18.2. The van der Waals surface area contributed by atoms with E-state index in [1.54, 1.807) is 6.92 Å². The molecular weight excluding hydrogens is 283 g/mol. The van der Waals surface area contributed by atoms with Gasteiger partial charge in [0, 0.05) is 25.2 Å². The first-order valence-corrected chi connectivity index (χ1v) is 6.21. The van der Waals surface area contributed by atoms with E-state index in [9.17, 15) is 24.1 Å². The second kappa shape index (κ2) is 7.32. The van der Waals surface area contributed by atoms with Gasteiger partial charge < -0.3 is 9.64 Å². The van der Waals surface area contributed by atoms with Gasteiger partial charge in [-0.15, -0.1) is 0 Å². The zero-order valence-electron chi connectivity index (χ0n) is 11.7. The van der Waals surface area contributed by atoms with Gasteiger partial charge in [0.15, 0.2) is 0 Å². The third-order valence-corrected chi connectivity index (χ3v) is 2.69. The van der Waals surface area contributed by atoms with Crippen LogP contribution >= 0.6 is 0 Å². The molecule has 21 heavy (non-hydrogen) atoms. The fourth-order valence-corrected chi connectivity index (χ4v) is 1.60. The van der Waals surface area contributed by atoms with Gasteiger partial charge in [-0.25, -0.2) is 0 Å². The van der Waals surface area contributed by atoms with Gasteiger partial charge in [0.05, 0.1) is 18.0 Å². The first-order valence-electron chi connectivity index (χ1n) is 6.21. The SMILES string of the molecule is CCOC(=O)CCN(C)C(=O)c1ccc([N+](=O)[O-])c(F)c1. The van der Waals surface area contributed by atoms with Gasteiger partial charge in [-0.2, -0.15) is 4.39 Å². The molecule has 1 rings (SSSR count). The van der Waals surface area contributed by atoms with E-state index in [0.717, 1.165) is 12.1 Å². The molecule has 0 atom stereocenters. The maximum Gasteiger partial charge on any atom is 0.307 e. The number of halogens is 1. The highest BCUT2D eigenvalue weighted by Crippen LogP contribution is 2.18. The van der Waals surface area contributed by atoms with Gasteiger partial charge in [-0.3, -0.25) is 19.7 Å². The Morgan fingerprint density at radius 3 is 2.62 bits per heavy atom. The smallest absolute Gasteiger partial charge is 0.307 e. The minimum Gasteiger partial charge on any atom is -0.466 e. The molecule has 0 saturated carbocycles. The molecule has 0 fully saturated rings. The van der Waals surface area contributed by atoms with Crippen molar-refractivity contribution in [3.63, 3.8) is 0 Å². The number of rotatable bonds is 6. The summed E-state index contributed by atoms with van der Waals surface area (Å²) in [5.41, 5.74) is -0.717. The lowest BCUT2D eigenvalue weighted by Crippen LogP contribution is -2.29. The standard InChI is InChI=1S/C13H15FN2O5/c1-3-21-12(17)6-7-15(2)13(18)9-4-5-11(16(19)20)10(14)8-9/h4-5,8H,3,6-7H2,1-2H3. The van der Waals surface area contributed by atoms with Crippen LogP contribution in [0.15, 0.2) is 18.2 Å². The molecule has 1 aromatic carbocycles. The monoisotopic (exact) mass is 298 g/mol. The van der Waals surface area contributed by atoms with Crippen molar-refractivity contribution in [2.24, 2.45) is 0 Å². The van der Waals surface area contributed by atoms with Crippen LogP contribution in [0, 0.1) is 15.9 Å². The van der Waals surface area contributed by atoms with Crippen LogP contribution in [-0.4, -0.2) is 41.9 Å². The zero-order chi connectivity index (χ0) is 16.0. The Balaban J connectivity index is 2.72. The molecule has 0 aromatic heterocycles. The van der Waals surface area contributed by atoms with Crippen LogP contribution in [0.5, 0.6) is 0 Å². The Morgan fingerprint density at radius 1 is 1.43 bits per heavy atom. The van der Waals surface area contributed by atoms with Gasteiger partial charge in [-0.1, -0.05) is 0 Å². The Hall–Kier alpha value is -2.51. The average molecular weight is 298 g/mol. The van der Waals surface area contributed by atoms with Crippen molar-refractivity contribution in [3.8, 4) is 0 Å². The molecule has 0 aliphatic rings. The predicted octanol–water partition coefficient (Wildman–Crippen LogP) is 1.76. The highest BCUT2D eigenvalue weighted by atomic mass is 19.1. The fraction of sp³-hybridized carbons (Fsp3) is 0.385. The van der Waals surface area contributed by atoms with Crippen LogP contribution in [0.25, 0.3) is 0 Å². The molecule has 0 unspecified atom stereocenters. The average Bonchev–Trinajstić information content (AvgIpc) is 2.43. The van der Waals surface area contributed by atoms with E-state index < -0.39 is 28.3 Å². The Morgan fingerprint density at radius 2 is 2.10 bits per heavy atom. The van der Waals surface area contributed by atoms with Crippen LogP contribution in [-0.2, 0) is 9.53 Å². The third-order valence-electron chi connectivity index (χ3n) is 2.69. The molecule has 1 amide bonds. The van der Waals surface area contributed by atoms with E-state index in [0.29, 0.717) is 0 Å². The van der Waals surface area contributed by atoms with Crippen LogP contribution in [0.3, 0.4) is 0 Å². The molecule has 1 aromatic rings. The summed E-state index contributed by atoms with van der Waals surface area (Å²) in [5.74, 6) is -2.05. The molecule has 0 saturated heterocycles. The first-order chi connectivity index (χ1) is 9.86. The van der Waals surface area contributed by atoms with Crippen molar-refractivity contribution >= 4 is 17.6 Å². The number of nitro benzene ring substituents is 1. The van der Waals surface area contributed by atoms with Crippen molar-refractivity contribution in [2.45, 2.75) is 13.3 Å². The summed E-state index contributed by atoms with van der Waals surface area (Å²) in [7, 11) is 1.45. The Bertz CT molecular complexity index is 561. The quantitative estimate of drug-likeness (QED) is 0.453. The summed E-state index contributed by atoms with van der Waals surface area (Å²) in [6.07, 6.45) is 0.0194.